The van der Waals surface area contributed by atoms with Crippen LogP contribution in [0.4, 0.5) is 9.52 Å². The lowest BCUT2D eigenvalue weighted by molar-refractivity contribution is 0.628. The third-order valence-corrected chi connectivity index (χ3v) is 4.59. The van der Waals surface area contributed by atoms with Crippen LogP contribution >= 0.6 is 11.3 Å². The minimum Gasteiger partial charge on any atom is -0.360 e. The first-order valence-corrected chi connectivity index (χ1v) is 7.95. The highest BCUT2D eigenvalue weighted by molar-refractivity contribution is 7.20. The second-order valence-corrected chi connectivity index (χ2v) is 6.38. The first-order valence-electron chi connectivity index (χ1n) is 7.14. The largest absolute Gasteiger partial charge is 0.360 e. The average molecular weight is 302 g/mol. The minimum absolute atomic E-state index is 0.236. The number of nitrogens with zero attached hydrogens (tertiary/aromatic N) is 3. The van der Waals surface area contributed by atoms with Crippen molar-refractivity contribution in [2.24, 2.45) is 5.92 Å². The van der Waals surface area contributed by atoms with Gasteiger partial charge in [0.25, 0.3) is 0 Å². The van der Waals surface area contributed by atoms with Crippen LogP contribution in [0.15, 0.2) is 30.5 Å². The molecule has 0 atom stereocenters. The number of hydrogen-bond donors (Lipinski definition) is 1. The number of nitrogens with one attached hydrogen (secondary N) is 1. The summed E-state index contributed by atoms with van der Waals surface area (Å²) < 4.78 is 14.7. The Labute approximate surface area is 125 Å². The van der Waals surface area contributed by atoms with E-state index >= 15 is 0 Å². The standard InChI is InChI=1S/C15H15FN4S/c16-12-5-3-11(4-6-12)13-9-20-15(18-13)21-14(19-20)17-8-7-10-1-2-10/h3-6,9-10H,1-2,7-8H2,(H,17,19). The maximum Gasteiger partial charge on any atom is 0.214 e. The zero-order chi connectivity index (χ0) is 14.2. The van der Waals surface area contributed by atoms with Crippen LogP contribution in [-0.4, -0.2) is 21.1 Å². The monoisotopic (exact) mass is 302 g/mol. The van der Waals surface area contributed by atoms with Crippen LogP contribution in [0.1, 0.15) is 19.3 Å². The fourth-order valence-electron chi connectivity index (χ4n) is 2.32. The number of imidazole rings is 1. The molecule has 0 spiro atoms. The summed E-state index contributed by atoms with van der Waals surface area (Å²) in [6.07, 6.45) is 5.86. The quantitative estimate of drug-likeness (QED) is 0.779. The van der Waals surface area contributed by atoms with Gasteiger partial charge in [-0.3, -0.25) is 0 Å². The van der Waals surface area contributed by atoms with Gasteiger partial charge in [-0.15, -0.1) is 5.10 Å². The lowest BCUT2D eigenvalue weighted by Crippen LogP contribution is -2.02. The van der Waals surface area contributed by atoms with Crippen molar-refractivity contribution in [2.45, 2.75) is 19.3 Å². The van der Waals surface area contributed by atoms with E-state index in [0.717, 1.165) is 33.8 Å². The van der Waals surface area contributed by atoms with E-state index in [1.54, 1.807) is 28.0 Å². The van der Waals surface area contributed by atoms with E-state index in [2.05, 4.69) is 15.4 Å². The Bertz CT molecular complexity index is 726. The molecule has 1 aliphatic rings. The van der Waals surface area contributed by atoms with Gasteiger partial charge < -0.3 is 5.32 Å². The van der Waals surface area contributed by atoms with Gasteiger partial charge in [-0.1, -0.05) is 24.2 Å². The molecule has 3 aromatic rings. The zero-order valence-corrected chi connectivity index (χ0v) is 12.2. The molecule has 4 nitrogen and oxygen atoms in total. The predicted molar refractivity (Wildman–Crippen MR) is 82.1 cm³/mol. The van der Waals surface area contributed by atoms with Crippen molar-refractivity contribution >= 4 is 21.4 Å². The first kappa shape index (κ1) is 12.8. The summed E-state index contributed by atoms with van der Waals surface area (Å²) in [6.45, 7) is 0.978. The second-order valence-electron chi connectivity index (χ2n) is 5.43. The van der Waals surface area contributed by atoms with E-state index in [1.807, 2.05) is 6.20 Å². The second kappa shape index (κ2) is 5.11. The molecule has 0 radical (unpaired) electrons. The van der Waals surface area contributed by atoms with Gasteiger partial charge in [0.2, 0.25) is 10.1 Å². The van der Waals surface area contributed by atoms with Gasteiger partial charge >= 0.3 is 0 Å². The van der Waals surface area contributed by atoms with Crippen molar-refractivity contribution in [1.82, 2.24) is 14.6 Å². The molecule has 21 heavy (non-hydrogen) atoms. The topological polar surface area (TPSA) is 42.2 Å². The van der Waals surface area contributed by atoms with Gasteiger partial charge in [-0.05, 0) is 36.6 Å². The molecule has 2 aromatic heterocycles. The summed E-state index contributed by atoms with van der Waals surface area (Å²) in [5.74, 6) is 0.687. The van der Waals surface area contributed by atoms with Gasteiger partial charge in [-0.25, -0.2) is 13.9 Å². The Hall–Kier alpha value is -1.95. The third kappa shape index (κ3) is 2.76. The highest BCUT2D eigenvalue weighted by Gasteiger charge is 2.20. The van der Waals surface area contributed by atoms with Gasteiger partial charge in [0.05, 0.1) is 11.9 Å². The molecule has 108 valence electrons. The van der Waals surface area contributed by atoms with Crippen LogP contribution in [-0.2, 0) is 0 Å². The Balaban J connectivity index is 1.51. The molecular weight excluding hydrogens is 287 g/mol. The average Bonchev–Trinajstić information content (AvgIpc) is 3.09. The molecule has 6 heteroatoms. The number of hydrogen-bond acceptors (Lipinski definition) is 4. The molecule has 2 heterocycles. The normalized spacial score (nSPS) is 14.7. The van der Waals surface area contributed by atoms with Crippen molar-refractivity contribution in [3.8, 4) is 11.3 Å². The third-order valence-electron chi connectivity index (χ3n) is 3.71. The zero-order valence-electron chi connectivity index (χ0n) is 11.4. The lowest BCUT2D eigenvalue weighted by atomic mass is 10.2. The lowest BCUT2D eigenvalue weighted by Gasteiger charge is -1.99. The fourth-order valence-corrected chi connectivity index (χ4v) is 3.13. The van der Waals surface area contributed by atoms with Crippen LogP contribution in [0.3, 0.4) is 0 Å². The molecule has 1 saturated carbocycles. The maximum atomic E-state index is 12.9. The predicted octanol–water partition coefficient (Wildman–Crippen LogP) is 3.81. The van der Waals surface area contributed by atoms with Crippen LogP contribution in [0.5, 0.6) is 0 Å². The number of aromatic nitrogens is 3. The molecule has 1 aliphatic carbocycles. The number of fused-ring (bicyclic) bond motifs is 1. The summed E-state index contributed by atoms with van der Waals surface area (Å²) in [6, 6.07) is 6.36. The van der Waals surface area contributed by atoms with Crippen molar-refractivity contribution < 1.29 is 4.39 Å². The molecule has 1 aromatic carbocycles. The molecule has 1 N–H and O–H groups in total. The summed E-state index contributed by atoms with van der Waals surface area (Å²) in [7, 11) is 0. The Kier molecular flexibility index (Phi) is 3.11. The van der Waals surface area contributed by atoms with Gasteiger partial charge in [0, 0.05) is 12.1 Å². The summed E-state index contributed by atoms with van der Waals surface area (Å²) in [5, 5.41) is 8.74. The summed E-state index contributed by atoms with van der Waals surface area (Å²) in [5.41, 5.74) is 1.72. The molecule has 0 amide bonds. The number of halogens is 1. The van der Waals surface area contributed by atoms with E-state index in [4.69, 9.17) is 0 Å². The molecular formula is C15H15FN4S. The number of benzene rings is 1. The van der Waals surface area contributed by atoms with Gasteiger partial charge in [-0.2, -0.15) is 0 Å². The van der Waals surface area contributed by atoms with E-state index < -0.39 is 0 Å². The van der Waals surface area contributed by atoms with Crippen molar-refractivity contribution in [2.75, 3.05) is 11.9 Å². The summed E-state index contributed by atoms with van der Waals surface area (Å²) >= 11 is 1.54. The van der Waals surface area contributed by atoms with Gasteiger partial charge in [0.1, 0.15) is 5.82 Å². The SMILES string of the molecule is Fc1ccc(-c2cn3nc(NCCC4CC4)sc3n2)cc1. The first-order chi connectivity index (χ1) is 10.3. The Morgan fingerprint density at radius 1 is 1.29 bits per heavy atom. The molecule has 4 rings (SSSR count). The molecule has 0 aliphatic heterocycles. The highest BCUT2D eigenvalue weighted by Crippen LogP contribution is 2.32. The van der Waals surface area contributed by atoms with Crippen LogP contribution in [0.2, 0.25) is 0 Å². The number of rotatable bonds is 5. The molecule has 0 saturated heterocycles. The van der Waals surface area contributed by atoms with Crippen LogP contribution in [0, 0.1) is 11.7 Å². The number of anilines is 1. The highest BCUT2D eigenvalue weighted by atomic mass is 32.1. The smallest absolute Gasteiger partial charge is 0.214 e. The van der Waals surface area contributed by atoms with Gasteiger partial charge in [0.15, 0.2) is 0 Å². The van der Waals surface area contributed by atoms with E-state index in [1.165, 1.54) is 31.4 Å². The van der Waals surface area contributed by atoms with E-state index in [0.29, 0.717) is 0 Å². The fraction of sp³-hybridized carbons (Fsp3) is 0.333. The minimum atomic E-state index is -0.236. The van der Waals surface area contributed by atoms with Crippen LogP contribution < -0.4 is 5.32 Å². The molecule has 1 fully saturated rings. The Morgan fingerprint density at radius 3 is 2.81 bits per heavy atom. The van der Waals surface area contributed by atoms with E-state index in [9.17, 15) is 4.39 Å². The Morgan fingerprint density at radius 2 is 2.10 bits per heavy atom. The maximum absolute atomic E-state index is 12.9. The van der Waals surface area contributed by atoms with Crippen molar-refractivity contribution in [1.29, 1.82) is 0 Å². The van der Waals surface area contributed by atoms with E-state index in [-0.39, 0.29) is 5.82 Å². The molecule has 0 bridgehead atoms. The van der Waals surface area contributed by atoms with Crippen molar-refractivity contribution in [3.63, 3.8) is 0 Å². The van der Waals surface area contributed by atoms with Crippen LogP contribution in [0.25, 0.3) is 16.2 Å². The molecule has 0 unspecified atom stereocenters. The summed E-state index contributed by atoms with van der Waals surface area (Å²) in [4.78, 5) is 5.40. The van der Waals surface area contributed by atoms with Crippen molar-refractivity contribution in [3.05, 3.63) is 36.3 Å².